The molecule has 100 valence electrons. The SMILES string of the molecule is CN(Cc1ccc2c(c1)OCCO2)Cc1cscn1. The van der Waals surface area contributed by atoms with Gasteiger partial charge in [0.15, 0.2) is 11.5 Å². The van der Waals surface area contributed by atoms with Crippen LogP contribution in [0.1, 0.15) is 11.3 Å². The van der Waals surface area contributed by atoms with Crippen LogP contribution in [0.25, 0.3) is 0 Å². The first-order valence-corrected chi connectivity index (χ1v) is 7.20. The Morgan fingerprint density at radius 2 is 2.05 bits per heavy atom. The van der Waals surface area contributed by atoms with Gasteiger partial charge in [-0.3, -0.25) is 4.90 Å². The average molecular weight is 276 g/mol. The summed E-state index contributed by atoms with van der Waals surface area (Å²) < 4.78 is 11.1. The molecule has 0 unspecified atom stereocenters. The zero-order valence-corrected chi connectivity index (χ0v) is 11.7. The van der Waals surface area contributed by atoms with Crippen LogP contribution in [0.3, 0.4) is 0 Å². The van der Waals surface area contributed by atoms with Gasteiger partial charge in [0, 0.05) is 18.5 Å². The predicted octanol–water partition coefficient (Wildman–Crippen LogP) is 2.55. The van der Waals surface area contributed by atoms with Crippen molar-refractivity contribution in [3.05, 3.63) is 40.3 Å². The maximum atomic E-state index is 5.60. The highest BCUT2D eigenvalue weighted by atomic mass is 32.1. The monoisotopic (exact) mass is 276 g/mol. The van der Waals surface area contributed by atoms with Crippen LogP contribution in [0.4, 0.5) is 0 Å². The van der Waals surface area contributed by atoms with E-state index >= 15 is 0 Å². The minimum absolute atomic E-state index is 0.630. The summed E-state index contributed by atoms with van der Waals surface area (Å²) in [6.07, 6.45) is 0. The number of nitrogens with zero attached hydrogens (tertiary/aromatic N) is 2. The van der Waals surface area contributed by atoms with Gasteiger partial charge in [0.2, 0.25) is 0 Å². The van der Waals surface area contributed by atoms with Crippen LogP contribution < -0.4 is 9.47 Å². The van der Waals surface area contributed by atoms with Crippen LogP contribution in [0, 0.1) is 0 Å². The molecule has 1 aliphatic heterocycles. The fourth-order valence-electron chi connectivity index (χ4n) is 2.15. The lowest BCUT2D eigenvalue weighted by molar-refractivity contribution is 0.171. The number of benzene rings is 1. The van der Waals surface area contributed by atoms with Crippen molar-refractivity contribution in [3.8, 4) is 11.5 Å². The lowest BCUT2D eigenvalue weighted by atomic mass is 10.2. The summed E-state index contributed by atoms with van der Waals surface area (Å²) >= 11 is 1.63. The molecule has 0 fully saturated rings. The van der Waals surface area contributed by atoms with Crippen LogP contribution >= 0.6 is 11.3 Å². The Labute approximate surface area is 116 Å². The summed E-state index contributed by atoms with van der Waals surface area (Å²) in [5, 5.41) is 2.08. The molecule has 0 radical (unpaired) electrons. The average Bonchev–Trinajstić information content (AvgIpc) is 2.91. The lowest BCUT2D eigenvalue weighted by Crippen LogP contribution is -2.18. The second-order valence-electron chi connectivity index (χ2n) is 4.63. The Bertz CT molecular complexity index is 542. The molecule has 0 spiro atoms. The zero-order chi connectivity index (χ0) is 13.1. The van der Waals surface area contributed by atoms with E-state index in [0.29, 0.717) is 13.2 Å². The van der Waals surface area contributed by atoms with E-state index < -0.39 is 0 Å². The van der Waals surface area contributed by atoms with Gasteiger partial charge in [0.05, 0.1) is 11.2 Å². The van der Waals surface area contributed by atoms with Crippen LogP contribution in [0.2, 0.25) is 0 Å². The Hall–Kier alpha value is -1.59. The largest absolute Gasteiger partial charge is 0.486 e. The van der Waals surface area contributed by atoms with Gasteiger partial charge < -0.3 is 9.47 Å². The van der Waals surface area contributed by atoms with Crippen molar-refractivity contribution >= 4 is 11.3 Å². The van der Waals surface area contributed by atoms with E-state index in [1.807, 2.05) is 11.6 Å². The molecule has 4 nitrogen and oxygen atoms in total. The Morgan fingerprint density at radius 3 is 2.84 bits per heavy atom. The maximum Gasteiger partial charge on any atom is 0.161 e. The number of ether oxygens (including phenoxy) is 2. The molecule has 1 aliphatic rings. The molecule has 1 aromatic heterocycles. The fourth-order valence-corrected chi connectivity index (χ4v) is 2.70. The van der Waals surface area contributed by atoms with Crippen molar-refractivity contribution in [2.24, 2.45) is 0 Å². The van der Waals surface area contributed by atoms with E-state index in [1.54, 1.807) is 11.3 Å². The first-order valence-electron chi connectivity index (χ1n) is 6.25. The molecule has 0 bridgehead atoms. The molecule has 3 rings (SSSR count). The van der Waals surface area contributed by atoms with Gasteiger partial charge in [-0.25, -0.2) is 4.98 Å². The van der Waals surface area contributed by atoms with E-state index in [1.165, 1.54) is 5.56 Å². The molecule has 0 saturated carbocycles. The van der Waals surface area contributed by atoms with Gasteiger partial charge >= 0.3 is 0 Å². The van der Waals surface area contributed by atoms with Crippen molar-refractivity contribution in [1.82, 2.24) is 9.88 Å². The van der Waals surface area contributed by atoms with E-state index in [2.05, 4.69) is 34.4 Å². The van der Waals surface area contributed by atoms with Crippen molar-refractivity contribution in [3.63, 3.8) is 0 Å². The smallest absolute Gasteiger partial charge is 0.161 e. The molecule has 0 amide bonds. The number of rotatable bonds is 4. The highest BCUT2D eigenvalue weighted by Gasteiger charge is 2.12. The molecule has 1 aromatic carbocycles. The van der Waals surface area contributed by atoms with Gasteiger partial charge in [0.25, 0.3) is 0 Å². The number of fused-ring (bicyclic) bond motifs is 1. The van der Waals surface area contributed by atoms with Gasteiger partial charge in [-0.15, -0.1) is 11.3 Å². The van der Waals surface area contributed by atoms with Crippen LogP contribution in [-0.2, 0) is 13.1 Å². The molecule has 2 heterocycles. The van der Waals surface area contributed by atoms with Crippen molar-refractivity contribution in [2.45, 2.75) is 13.1 Å². The van der Waals surface area contributed by atoms with Crippen molar-refractivity contribution in [2.75, 3.05) is 20.3 Å². The second kappa shape index (κ2) is 5.59. The van der Waals surface area contributed by atoms with E-state index in [9.17, 15) is 0 Å². The quantitative estimate of drug-likeness (QED) is 0.859. The Morgan fingerprint density at radius 1 is 1.21 bits per heavy atom. The summed E-state index contributed by atoms with van der Waals surface area (Å²) in [5.74, 6) is 1.70. The molecule has 0 atom stereocenters. The number of hydrogen-bond acceptors (Lipinski definition) is 5. The highest BCUT2D eigenvalue weighted by Crippen LogP contribution is 2.31. The third kappa shape index (κ3) is 3.05. The van der Waals surface area contributed by atoms with Crippen LogP contribution in [0.5, 0.6) is 11.5 Å². The molecule has 5 heteroatoms. The number of hydrogen-bond donors (Lipinski definition) is 0. The minimum Gasteiger partial charge on any atom is -0.486 e. The Kier molecular flexibility index (Phi) is 3.66. The van der Waals surface area contributed by atoms with Gasteiger partial charge in [-0.1, -0.05) is 6.07 Å². The van der Waals surface area contributed by atoms with E-state index in [-0.39, 0.29) is 0 Å². The molecule has 0 saturated heterocycles. The standard InChI is InChI=1S/C14H16N2O2S/c1-16(8-12-9-19-10-15-12)7-11-2-3-13-14(6-11)18-5-4-17-13/h2-3,6,9-10H,4-5,7-8H2,1H3. The highest BCUT2D eigenvalue weighted by molar-refractivity contribution is 7.07. The van der Waals surface area contributed by atoms with Gasteiger partial charge in [-0.2, -0.15) is 0 Å². The van der Waals surface area contributed by atoms with Crippen molar-refractivity contribution in [1.29, 1.82) is 0 Å². The van der Waals surface area contributed by atoms with Crippen LogP contribution in [0.15, 0.2) is 29.1 Å². The minimum atomic E-state index is 0.630. The lowest BCUT2D eigenvalue weighted by Gasteiger charge is -2.20. The number of aromatic nitrogens is 1. The normalized spacial score (nSPS) is 13.8. The molecular weight excluding hydrogens is 260 g/mol. The predicted molar refractivity (Wildman–Crippen MR) is 74.7 cm³/mol. The number of thiazole rings is 1. The molecule has 0 aliphatic carbocycles. The van der Waals surface area contributed by atoms with E-state index in [0.717, 1.165) is 30.3 Å². The summed E-state index contributed by atoms with van der Waals surface area (Å²) in [7, 11) is 2.09. The van der Waals surface area contributed by atoms with Crippen LogP contribution in [-0.4, -0.2) is 30.1 Å². The summed E-state index contributed by atoms with van der Waals surface area (Å²) in [6.45, 7) is 2.99. The third-order valence-corrected chi connectivity index (χ3v) is 3.61. The Balaban J connectivity index is 1.66. The van der Waals surface area contributed by atoms with Gasteiger partial charge in [-0.05, 0) is 24.7 Å². The summed E-state index contributed by atoms with van der Waals surface area (Å²) in [6, 6.07) is 6.14. The second-order valence-corrected chi connectivity index (χ2v) is 5.35. The summed E-state index contributed by atoms with van der Waals surface area (Å²) in [4.78, 5) is 6.54. The summed E-state index contributed by atoms with van der Waals surface area (Å²) in [5.41, 5.74) is 4.21. The first kappa shape index (κ1) is 12.4. The van der Waals surface area contributed by atoms with Gasteiger partial charge in [0.1, 0.15) is 13.2 Å². The molecule has 19 heavy (non-hydrogen) atoms. The molecule has 0 N–H and O–H groups in total. The topological polar surface area (TPSA) is 34.6 Å². The molecule has 2 aromatic rings. The third-order valence-electron chi connectivity index (χ3n) is 2.97. The fraction of sp³-hybridized carbons (Fsp3) is 0.357. The maximum absolute atomic E-state index is 5.60. The zero-order valence-electron chi connectivity index (χ0n) is 10.8. The first-order chi connectivity index (χ1) is 9.31. The van der Waals surface area contributed by atoms with Crippen molar-refractivity contribution < 1.29 is 9.47 Å². The van der Waals surface area contributed by atoms with E-state index in [4.69, 9.17) is 9.47 Å². The molecular formula is C14H16N2O2S.